The predicted molar refractivity (Wildman–Crippen MR) is 117 cm³/mol. The number of nitrogens with two attached hydrogens (primary N) is 2. The molecule has 0 fully saturated rings. The Hall–Kier alpha value is -4.49. The summed E-state index contributed by atoms with van der Waals surface area (Å²) in [4.78, 5) is 28.3. The van der Waals surface area contributed by atoms with Crippen molar-refractivity contribution in [3.05, 3.63) is 78.2 Å². The van der Waals surface area contributed by atoms with Crippen LogP contribution in [0, 0.1) is 0 Å². The second-order valence-corrected chi connectivity index (χ2v) is 8.29. The highest BCUT2D eigenvalue weighted by molar-refractivity contribution is 7.89. The van der Waals surface area contributed by atoms with E-state index in [9.17, 15) is 18.0 Å². The first kappa shape index (κ1) is 21.7. The number of sulfonamides is 1. The van der Waals surface area contributed by atoms with Gasteiger partial charge in [-0.05, 0) is 46.8 Å². The third-order valence-corrected chi connectivity index (χ3v) is 5.53. The molecule has 12 nitrogen and oxygen atoms in total. The standard InChI is InChI=1S/C20H16N8O4S/c21-18(29)12-4-3-5-14(10-12)28-19(25-26-27-28)20(30)24-17-9-8-13(11-23-17)15-6-1-2-7-16(15)33(22,31)32/h1-11H,(H2,21,29)(H2,22,31,32)(H,23,24,30). The number of anilines is 1. The van der Waals surface area contributed by atoms with Crippen molar-refractivity contribution < 1.29 is 18.0 Å². The Kier molecular flexibility index (Phi) is 5.64. The third kappa shape index (κ3) is 4.58. The highest BCUT2D eigenvalue weighted by atomic mass is 32.2. The van der Waals surface area contributed by atoms with E-state index in [0.29, 0.717) is 16.8 Å². The largest absolute Gasteiger partial charge is 0.366 e. The molecule has 0 saturated carbocycles. The van der Waals surface area contributed by atoms with Crippen molar-refractivity contribution in [3.8, 4) is 16.8 Å². The van der Waals surface area contributed by atoms with E-state index in [1.165, 1.54) is 30.5 Å². The maximum atomic E-state index is 12.7. The Labute approximate surface area is 187 Å². The van der Waals surface area contributed by atoms with Crippen LogP contribution in [-0.2, 0) is 10.0 Å². The van der Waals surface area contributed by atoms with Gasteiger partial charge < -0.3 is 11.1 Å². The number of tetrazole rings is 1. The first-order valence-electron chi connectivity index (χ1n) is 9.32. The SMILES string of the molecule is NC(=O)c1cccc(-n2nnnc2C(=O)Nc2ccc(-c3ccccc3S(N)(=O)=O)cn2)c1. The maximum Gasteiger partial charge on any atom is 0.296 e. The van der Waals surface area contributed by atoms with Crippen molar-refractivity contribution in [1.82, 2.24) is 25.2 Å². The lowest BCUT2D eigenvalue weighted by Crippen LogP contribution is -2.19. The molecule has 0 unspecified atom stereocenters. The zero-order chi connectivity index (χ0) is 23.6. The van der Waals surface area contributed by atoms with E-state index in [4.69, 9.17) is 10.9 Å². The summed E-state index contributed by atoms with van der Waals surface area (Å²) in [6.07, 6.45) is 1.40. The summed E-state index contributed by atoms with van der Waals surface area (Å²) in [5, 5.41) is 18.9. The van der Waals surface area contributed by atoms with E-state index < -0.39 is 21.8 Å². The molecule has 0 radical (unpaired) electrons. The number of rotatable bonds is 6. The van der Waals surface area contributed by atoms with Gasteiger partial charge in [0.15, 0.2) is 0 Å². The molecule has 2 aromatic carbocycles. The van der Waals surface area contributed by atoms with Crippen LogP contribution in [0.3, 0.4) is 0 Å². The average molecular weight is 464 g/mol. The zero-order valence-corrected chi connectivity index (χ0v) is 17.6. The second kappa shape index (κ2) is 8.57. The molecule has 2 aromatic heterocycles. The number of carbonyl (C=O) groups is 2. The van der Waals surface area contributed by atoms with Crippen LogP contribution >= 0.6 is 0 Å². The molecule has 0 aliphatic rings. The lowest BCUT2D eigenvalue weighted by molar-refractivity contribution is 0.0996. The summed E-state index contributed by atoms with van der Waals surface area (Å²) >= 11 is 0. The topological polar surface area (TPSA) is 189 Å². The van der Waals surface area contributed by atoms with Crippen molar-refractivity contribution in [2.45, 2.75) is 4.90 Å². The predicted octanol–water partition coefficient (Wildman–Crippen LogP) is 0.723. The van der Waals surface area contributed by atoms with Crippen molar-refractivity contribution in [2.75, 3.05) is 5.32 Å². The lowest BCUT2D eigenvalue weighted by Gasteiger charge is -2.09. The maximum absolute atomic E-state index is 12.7. The zero-order valence-electron chi connectivity index (χ0n) is 16.8. The molecule has 0 bridgehead atoms. The lowest BCUT2D eigenvalue weighted by atomic mass is 10.1. The number of primary sulfonamides is 1. The van der Waals surface area contributed by atoms with Crippen molar-refractivity contribution in [3.63, 3.8) is 0 Å². The van der Waals surface area contributed by atoms with Gasteiger partial charge in [0, 0.05) is 22.9 Å². The minimum atomic E-state index is -3.93. The fourth-order valence-electron chi connectivity index (χ4n) is 3.05. The van der Waals surface area contributed by atoms with Gasteiger partial charge in [-0.15, -0.1) is 5.10 Å². The Morgan fingerprint density at radius 3 is 2.48 bits per heavy atom. The van der Waals surface area contributed by atoms with Gasteiger partial charge in [0.05, 0.1) is 10.6 Å². The molecule has 0 saturated heterocycles. The monoisotopic (exact) mass is 464 g/mol. The number of hydrogen-bond donors (Lipinski definition) is 3. The van der Waals surface area contributed by atoms with Crippen LogP contribution in [0.1, 0.15) is 21.0 Å². The number of carbonyl (C=O) groups excluding carboxylic acids is 2. The van der Waals surface area contributed by atoms with Gasteiger partial charge in [-0.25, -0.2) is 18.5 Å². The van der Waals surface area contributed by atoms with Crippen LogP contribution in [0.25, 0.3) is 16.8 Å². The fourth-order valence-corrected chi connectivity index (χ4v) is 3.81. The molecular weight excluding hydrogens is 448 g/mol. The molecule has 2 amide bonds. The number of aromatic nitrogens is 5. The van der Waals surface area contributed by atoms with Gasteiger partial charge in [0.1, 0.15) is 5.82 Å². The van der Waals surface area contributed by atoms with Gasteiger partial charge in [0.2, 0.25) is 21.8 Å². The van der Waals surface area contributed by atoms with Crippen LogP contribution < -0.4 is 16.2 Å². The van der Waals surface area contributed by atoms with E-state index >= 15 is 0 Å². The molecule has 13 heteroatoms. The second-order valence-electron chi connectivity index (χ2n) is 6.76. The molecule has 5 N–H and O–H groups in total. The molecule has 4 aromatic rings. The molecule has 33 heavy (non-hydrogen) atoms. The number of primary amides is 1. The molecule has 2 heterocycles. The molecule has 0 aliphatic carbocycles. The van der Waals surface area contributed by atoms with Crippen LogP contribution in [0.4, 0.5) is 5.82 Å². The molecule has 4 rings (SSSR count). The van der Waals surface area contributed by atoms with Crippen LogP contribution in [0.5, 0.6) is 0 Å². The van der Waals surface area contributed by atoms with Crippen LogP contribution in [0.2, 0.25) is 0 Å². The first-order chi connectivity index (χ1) is 15.7. The number of nitrogens with zero attached hydrogens (tertiary/aromatic N) is 5. The average Bonchev–Trinajstić information content (AvgIpc) is 3.29. The summed E-state index contributed by atoms with van der Waals surface area (Å²) in [5.41, 5.74) is 6.76. The molecular formula is C20H16N8O4S. The van der Waals surface area contributed by atoms with E-state index in [0.717, 1.165) is 4.68 Å². The van der Waals surface area contributed by atoms with Gasteiger partial charge in [-0.1, -0.05) is 24.3 Å². The number of benzene rings is 2. The number of nitrogens with one attached hydrogen (secondary N) is 1. The van der Waals surface area contributed by atoms with Gasteiger partial charge in [0.25, 0.3) is 5.91 Å². The molecule has 0 atom stereocenters. The Bertz CT molecular complexity index is 1470. The van der Waals surface area contributed by atoms with E-state index in [1.807, 2.05) is 0 Å². The van der Waals surface area contributed by atoms with E-state index in [-0.39, 0.29) is 22.1 Å². The van der Waals surface area contributed by atoms with Gasteiger partial charge in [-0.3, -0.25) is 9.59 Å². The van der Waals surface area contributed by atoms with E-state index in [2.05, 4.69) is 25.8 Å². The summed E-state index contributed by atoms with van der Waals surface area (Å²) < 4.78 is 24.8. The highest BCUT2D eigenvalue weighted by Gasteiger charge is 2.19. The van der Waals surface area contributed by atoms with Crippen LogP contribution in [0.15, 0.2) is 71.8 Å². The first-order valence-corrected chi connectivity index (χ1v) is 10.9. The Balaban J connectivity index is 1.58. The highest BCUT2D eigenvalue weighted by Crippen LogP contribution is 2.26. The van der Waals surface area contributed by atoms with Crippen LogP contribution in [-0.4, -0.2) is 45.4 Å². The smallest absolute Gasteiger partial charge is 0.296 e. The third-order valence-electron chi connectivity index (χ3n) is 4.56. The molecule has 0 spiro atoms. The number of pyridine rings is 1. The number of hydrogen-bond acceptors (Lipinski definition) is 8. The van der Waals surface area contributed by atoms with Gasteiger partial charge >= 0.3 is 0 Å². The van der Waals surface area contributed by atoms with E-state index in [1.54, 1.807) is 36.4 Å². The summed E-state index contributed by atoms with van der Waals surface area (Å²) in [6, 6.07) is 15.5. The minimum Gasteiger partial charge on any atom is -0.366 e. The quantitative estimate of drug-likeness (QED) is 0.372. The van der Waals surface area contributed by atoms with Crippen molar-refractivity contribution in [1.29, 1.82) is 0 Å². The van der Waals surface area contributed by atoms with Crippen molar-refractivity contribution in [2.24, 2.45) is 10.9 Å². The molecule has 0 aliphatic heterocycles. The van der Waals surface area contributed by atoms with Crippen molar-refractivity contribution >= 4 is 27.7 Å². The number of amides is 2. The normalized spacial score (nSPS) is 11.2. The summed E-state index contributed by atoms with van der Waals surface area (Å²) in [7, 11) is -3.93. The Morgan fingerprint density at radius 2 is 1.79 bits per heavy atom. The summed E-state index contributed by atoms with van der Waals surface area (Å²) in [5.74, 6) is -1.27. The molecule has 166 valence electrons. The fraction of sp³-hybridized carbons (Fsp3) is 0. The minimum absolute atomic E-state index is 0.0408. The van der Waals surface area contributed by atoms with Gasteiger partial charge in [-0.2, -0.15) is 4.68 Å². The summed E-state index contributed by atoms with van der Waals surface area (Å²) in [6.45, 7) is 0. The Morgan fingerprint density at radius 1 is 1.00 bits per heavy atom.